The lowest BCUT2D eigenvalue weighted by Crippen LogP contribution is -2.53. The molecule has 1 atom stereocenters. The van der Waals surface area contributed by atoms with Gasteiger partial charge in [-0.25, -0.2) is 0 Å². The maximum absolute atomic E-state index is 12.6. The van der Waals surface area contributed by atoms with Crippen molar-refractivity contribution in [3.63, 3.8) is 0 Å². The normalized spacial score (nSPS) is 30.9. The van der Waals surface area contributed by atoms with Crippen molar-refractivity contribution in [2.75, 3.05) is 26.2 Å². The van der Waals surface area contributed by atoms with Crippen molar-refractivity contribution in [2.45, 2.75) is 39.5 Å². The SMILES string of the molecule is CC1(C(=O)O)CCN(C(=O)C2(C)CCCNC2)CC1. The molecule has 0 spiro atoms. The largest absolute Gasteiger partial charge is 0.481 e. The molecule has 2 aliphatic rings. The quantitative estimate of drug-likeness (QED) is 0.786. The number of hydrogen-bond acceptors (Lipinski definition) is 3. The molecule has 0 aromatic carbocycles. The van der Waals surface area contributed by atoms with E-state index < -0.39 is 11.4 Å². The highest BCUT2D eigenvalue weighted by Gasteiger charge is 2.42. The number of carbonyl (C=O) groups is 2. The van der Waals surface area contributed by atoms with Crippen LogP contribution >= 0.6 is 0 Å². The van der Waals surface area contributed by atoms with Gasteiger partial charge in [0, 0.05) is 19.6 Å². The lowest BCUT2D eigenvalue weighted by molar-refractivity contribution is -0.155. The third-order valence-electron chi connectivity index (χ3n) is 4.78. The number of amides is 1. The summed E-state index contributed by atoms with van der Waals surface area (Å²) in [5.74, 6) is -0.558. The van der Waals surface area contributed by atoms with Crippen LogP contribution in [0.5, 0.6) is 0 Å². The van der Waals surface area contributed by atoms with E-state index in [1.54, 1.807) is 6.92 Å². The summed E-state index contributed by atoms with van der Waals surface area (Å²) < 4.78 is 0. The van der Waals surface area contributed by atoms with Crippen LogP contribution in [0.25, 0.3) is 0 Å². The van der Waals surface area contributed by atoms with E-state index in [4.69, 9.17) is 0 Å². The lowest BCUT2D eigenvalue weighted by atomic mass is 9.77. The van der Waals surface area contributed by atoms with E-state index in [1.165, 1.54) is 0 Å². The summed E-state index contributed by atoms with van der Waals surface area (Å²) in [6, 6.07) is 0. The average molecular weight is 268 g/mol. The fourth-order valence-electron chi connectivity index (χ4n) is 3.04. The molecule has 2 N–H and O–H groups in total. The molecule has 0 aromatic heterocycles. The Morgan fingerprint density at radius 2 is 1.74 bits per heavy atom. The summed E-state index contributed by atoms with van der Waals surface area (Å²) in [6.45, 7) is 6.65. The molecule has 1 amide bonds. The molecule has 19 heavy (non-hydrogen) atoms. The zero-order valence-corrected chi connectivity index (χ0v) is 11.9. The van der Waals surface area contributed by atoms with Gasteiger partial charge in [0.05, 0.1) is 10.8 Å². The number of piperidine rings is 2. The van der Waals surface area contributed by atoms with Crippen molar-refractivity contribution in [1.82, 2.24) is 10.2 Å². The van der Waals surface area contributed by atoms with Gasteiger partial charge in [0.2, 0.25) is 5.91 Å². The topological polar surface area (TPSA) is 69.6 Å². The van der Waals surface area contributed by atoms with Crippen LogP contribution in [0.2, 0.25) is 0 Å². The van der Waals surface area contributed by atoms with Crippen LogP contribution in [0, 0.1) is 10.8 Å². The summed E-state index contributed by atoms with van der Waals surface area (Å²) >= 11 is 0. The van der Waals surface area contributed by atoms with E-state index in [0.29, 0.717) is 25.9 Å². The molecule has 0 saturated carbocycles. The van der Waals surface area contributed by atoms with Crippen molar-refractivity contribution < 1.29 is 14.7 Å². The molecule has 0 radical (unpaired) electrons. The fraction of sp³-hybridized carbons (Fsp3) is 0.857. The van der Waals surface area contributed by atoms with Gasteiger partial charge in [-0.1, -0.05) is 0 Å². The predicted octanol–water partition coefficient (Wildman–Crippen LogP) is 1.09. The Morgan fingerprint density at radius 3 is 2.21 bits per heavy atom. The Morgan fingerprint density at radius 1 is 1.11 bits per heavy atom. The molecule has 2 fully saturated rings. The lowest BCUT2D eigenvalue weighted by Gasteiger charge is -2.42. The highest BCUT2D eigenvalue weighted by Crippen LogP contribution is 2.34. The van der Waals surface area contributed by atoms with Crippen LogP contribution < -0.4 is 5.32 Å². The number of likely N-dealkylation sites (tertiary alicyclic amines) is 1. The van der Waals surface area contributed by atoms with E-state index in [-0.39, 0.29) is 11.3 Å². The summed E-state index contributed by atoms with van der Waals surface area (Å²) in [4.78, 5) is 25.7. The first-order chi connectivity index (χ1) is 8.87. The van der Waals surface area contributed by atoms with Gasteiger partial charge >= 0.3 is 5.97 Å². The van der Waals surface area contributed by atoms with Crippen molar-refractivity contribution in [3.8, 4) is 0 Å². The Kier molecular flexibility index (Phi) is 3.85. The van der Waals surface area contributed by atoms with Gasteiger partial charge in [-0.2, -0.15) is 0 Å². The molecular formula is C14H24N2O3. The van der Waals surface area contributed by atoms with Crippen molar-refractivity contribution in [2.24, 2.45) is 10.8 Å². The van der Waals surface area contributed by atoms with Crippen molar-refractivity contribution in [1.29, 1.82) is 0 Å². The Bertz CT molecular complexity index is 367. The van der Waals surface area contributed by atoms with Crippen LogP contribution in [-0.4, -0.2) is 48.1 Å². The molecule has 108 valence electrons. The third kappa shape index (κ3) is 2.76. The molecule has 2 aliphatic heterocycles. The summed E-state index contributed by atoms with van der Waals surface area (Å²) in [6.07, 6.45) is 3.06. The highest BCUT2D eigenvalue weighted by molar-refractivity contribution is 5.83. The molecule has 2 rings (SSSR count). The molecular weight excluding hydrogens is 244 g/mol. The summed E-state index contributed by atoms with van der Waals surface area (Å²) in [5, 5.41) is 12.5. The number of carboxylic acids is 1. The van der Waals surface area contributed by atoms with E-state index in [9.17, 15) is 14.7 Å². The minimum absolute atomic E-state index is 0.187. The van der Waals surface area contributed by atoms with E-state index >= 15 is 0 Å². The molecule has 0 bridgehead atoms. The van der Waals surface area contributed by atoms with Gasteiger partial charge in [-0.05, 0) is 46.1 Å². The fourth-order valence-corrected chi connectivity index (χ4v) is 3.04. The van der Waals surface area contributed by atoms with Gasteiger partial charge in [0.25, 0.3) is 0 Å². The molecule has 0 aliphatic carbocycles. The maximum atomic E-state index is 12.6. The van der Waals surface area contributed by atoms with Crippen LogP contribution in [0.3, 0.4) is 0 Å². The smallest absolute Gasteiger partial charge is 0.309 e. The second-order valence-electron chi connectivity index (χ2n) is 6.50. The molecule has 0 aromatic rings. The highest BCUT2D eigenvalue weighted by atomic mass is 16.4. The van der Waals surface area contributed by atoms with Gasteiger partial charge in [0.15, 0.2) is 0 Å². The number of nitrogens with zero attached hydrogens (tertiary/aromatic N) is 1. The summed E-state index contributed by atoms with van der Waals surface area (Å²) in [7, 11) is 0. The number of nitrogens with one attached hydrogen (secondary N) is 1. The zero-order valence-electron chi connectivity index (χ0n) is 11.9. The molecule has 2 heterocycles. The monoisotopic (exact) mass is 268 g/mol. The Hall–Kier alpha value is -1.10. The second kappa shape index (κ2) is 5.12. The third-order valence-corrected chi connectivity index (χ3v) is 4.78. The summed E-state index contributed by atoms with van der Waals surface area (Å²) in [5.41, 5.74) is -0.974. The molecule has 5 heteroatoms. The van der Waals surface area contributed by atoms with Crippen LogP contribution in [0.1, 0.15) is 39.5 Å². The van der Waals surface area contributed by atoms with E-state index in [0.717, 1.165) is 25.9 Å². The molecule has 2 saturated heterocycles. The second-order valence-corrected chi connectivity index (χ2v) is 6.50. The molecule has 1 unspecified atom stereocenters. The van der Waals surface area contributed by atoms with E-state index in [2.05, 4.69) is 5.32 Å². The number of carbonyl (C=O) groups excluding carboxylic acids is 1. The van der Waals surface area contributed by atoms with Crippen molar-refractivity contribution in [3.05, 3.63) is 0 Å². The Labute approximate surface area is 114 Å². The van der Waals surface area contributed by atoms with Crippen LogP contribution in [0.4, 0.5) is 0 Å². The van der Waals surface area contributed by atoms with Gasteiger partial charge in [-0.15, -0.1) is 0 Å². The van der Waals surface area contributed by atoms with Crippen LogP contribution in [-0.2, 0) is 9.59 Å². The number of carboxylic acid groups (broad SMARTS) is 1. The maximum Gasteiger partial charge on any atom is 0.309 e. The van der Waals surface area contributed by atoms with E-state index in [1.807, 2.05) is 11.8 Å². The standard InChI is InChI=1S/C14H24N2O3/c1-13(12(18)19)5-8-16(9-6-13)11(17)14(2)4-3-7-15-10-14/h15H,3-10H2,1-2H3,(H,18,19). The first-order valence-corrected chi connectivity index (χ1v) is 7.11. The molecule has 5 nitrogen and oxygen atoms in total. The first-order valence-electron chi connectivity index (χ1n) is 7.11. The predicted molar refractivity (Wildman–Crippen MR) is 71.8 cm³/mol. The average Bonchev–Trinajstić information content (AvgIpc) is 2.39. The van der Waals surface area contributed by atoms with Gasteiger partial charge < -0.3 is 15.3 Å². The van der Waals surface area contributed by atoms with Crippen LogP contribution in [0.15, 0.2) is 0 Å². The Balaban J connectivity index is 1.97. The van der Waals surface area contributed by atoms with Gasteiger partial charge in [0.1, 0.15) is 0 Å². The zero-order chi connectivity index (χ0) is 14.1. The van der Waals surface area contributed by atoms with Crippen molar-refractivity contribution >= 4 is 11.9 Å². The first kappa shape index (κ1) is 14.3. The van der Waals surface area contributed by atoms with Gasteiger partial charge in [-0.3, -0.25) is 9.59 Å². The minimum Gasteiger partial charge on any atom is -0.481 e. The number of aliphatic carboxylic acids is 1. The number of hydrogen-bond donors (Lipinski definition) is 2. The number of rotatable bonds is 2. The minimum atomic E-state index is -0.745.